The lowest BCUT2D eigenvalue weighted by molar-refractivity contribution is -0.167. The lowest BCUT2D eigenvalue weighted by Crippen LogP contribution is -2.30. The number of unbranched alkanes of at least 4 members (excludes halogenated alkanes) is 50. The molecule has 0 rings (SSSR count). The fourth-order valence-corrected chi connectivity index (χ4v) is 10.9. The first-order valence-corrected chi connectivity index (χ1v) is 36.0. The molecule has 0 saturated heterocycles. The number of carbonyl (C=O) groups excluding carboxylic acids is 3. The van der Waals surface area contributed by atoms with Crippen LogP contribution in [0.4, 0.5) is 0 Å². The SMILES string of the molecule is CCCCC/C=C\C/C=C\CCCCCCCCCC(=O)OCC(COC(=O)CCCCCCCCCCCCCCCCCCCCCCCCCCCCC)OC(=O)CCCCCCCCC/C=C\CCCCCCCCC. The molecule has 1 atom stereocenters. The van der Waals surface area contributed by atoms with Crippen molar-refractivity contribution in [1.29, 1.82) is 0 Å². The van der Waals surface area contributed by atoms with E-state index in [1.807, 2.05) is 0 Å². The van der Waals surface area contributed by atoms with E-state index in [2.05, 4.69) is 57.2 Å². The highest BCUT2D eigenvalue weighted by Gasteiger charge is 2.19. The first-order chi connectivity index (χ1) is 39.5. The van der Waals surface area contributed by atoms with Crippen LogP contribution in [0.15, 0.2) is 36.5 Å². The summed E-state index contributed by atoms with van der Waals surface area (Å²) in [6.45, 7) is 6.68. The van der Waals surface area contributed by atoms with Gasteiger partial charge in [0.05, 0.1) is 0 Å². The van der Waals surface area contributed by atoms with Crippen LogP contribution in [0, 0.1) is 0 Å². The van der Waals surface area contributed by atoms with Crippen molar-refractivity contribution in [3.63, 3.8) is 0 Å². The quantitative estimate of drug-likeness (QED) is 0.0261. The summed E-state index contributed by atoms with van der Waals surface area (Å²) >= 11 is 0. The van der Waals surface area contributed by atoms with Gasteiger partial charge in [-0.25, -0.2) is 0 Å². The van der Waals surface area contributed by atoms with Crippen LogP contribution in [-0.2, 0) is 28.6 Å². The fourth-order valence-electron chi connectivity index (χ4n) is 10.9. The Morgan fingerprint density at radius 3 is 0.725 bits per heavy atom. The number of hydrogen-bond acceptors (Lipinski definition) is 6. The second kappa shape index (κ2) is 69.1. The van der Waals surface area contributed by atoms with Crippen molar-refractivity contribution >= 4 is 17.9 Å². The predicted molar refractivity (Wildman–Crippen MR) is 349 cm³/mol. The summed E-state index contributed by atoms with van der Waals surface area (Å²) in [5.41, 5.74) is 0. The zero-order valence-electron chi connectivity index (χ0n) is 54.1. The van der Waals surface area contributed by atoms with Gasteiger partial charge in [-0.3, -0.25) is 14.4 Å². The lowest BCUT2D eigenvalue weighted by atomic mass is 10.0. The molecule has 0 aromatic rings. The molecule has 0 fully saturated rings. The molecule has 80 heavy (non-hydrogen) atoms. The molecule has 470 valence electrons. The normalized spacial score (nSPS) is 12.2. The van der Waals surface area contributed by atoms with Gasteiger partial charge in [0.2, 0.25) is 0 Å². The van der Waals surface area contributed by atoms with Crippen LogP contribution >= 0.6 is 0 Å². The molecule has 0 aliphatic rings. The van der Waals surface area contributed by atoms with Crippen molar-refractivity contribution in [1.82, 2.24) is 0 Å². The van der Waals surface area contributed by atoms with E-state index in [0.717, 1.165) is 70.6 Å². The molecule has 0 aliphatic carbocycles. The van der Waals surface area contributed by atoms with E-state index in [9.17, 15) is 14.4 Å². The number of esters is 3. The Labute approximate surface area is 499 Å². The minimum absolute atomic E-state index is 0.0718. The molecule has 6 heteroatoms. The molecule has 0 bridgehead atoms. The summed E-state index contributed by atoms with van der Waals surface area (Å²) in [6.07, 6.45) is 86.0. The standard InChI is InChI=1S/C74H138O6/c1-4-7-10-13-16-19-22-25-28-31-33-34-35-36-37-38-39-40-41-44-46-49-52-55-58-61-64-67-73(76)79-70-71(69-78-72(75)66-63-60-57-54-51-48-45-42-30-27-24-21-18-15-12-9-6-3)80-74(77)68-65-62-59-56-53-50-47-43-32-29-26-23-20-17-14-11-8-5-2/h18,21,27,29-30,32,71H,4-17,19-20,22-26,28,31,33-70H2,1-3H3/b21-18-,30-27-,32-29-. The van der Waals surface area contributed by atoms with Gasteiger partial charge in [0.1, 0.15) is 13.2 Å². The van der Waals surface area contributed by atoms with Crippen LogP contribution < -0.4 is 0 Å². The van der Waals surface area contributed by atoms with E-state index in [0.29, 0.717) is 19.3 Å². The van der Waals surface area contributed by atoms with Crippen molar-refractivity contribution in [2.75, 3.05) is 13.2 Å². The van der Waals surface area contributed by atoms with Crippen LogP contribution in [-0.4, -0.2) is 37.2 Å². The molecule has 0 aromatic heterocycles. The Morgan fingerprint density at radius 1 is 0.250 bits per heavy atom. The van der Waals surface area contributed by atoms with Crippen LogP contribution in [0.1, 0.15) is 400 Å². The van der Waals surface area contributed by atoms with Gasteiger partial charge in [-0.05, 0) is 77.0 Å². The van der Waals surface area contributed by atoms with E-state index in [1.165, 1.54) is 289 Å². The molecule has 0 heterocycles. The summed E-state index contributed by atoms with van der Waals surface area (Å²) in [5.74, 6) is -0.855. The summed E-state index contributed by atoms with van der Waals surface area (Å²) in [4.78, 5) is 38.5. The highest BCUT2D eigenvalue weighted by atomic mass is 16.6. The van der Waals surface area contributed by atoms with Crippen molar-refractivity contribution in [2.45, 2.75) is 406 Å². The van der Waals surface area contributed by atoms with Crippen LogP contribution in [0.5, 0.6) is 0 Å². The van der Waals surface area contributed by atoms with Gasteiger partial charge < -0.3 is 14.2 Å². The van der Waals surface area contributed by atoms with E-state index >= 15 is 0 Å². The summed E-state index contributed by atoms with van der Waals surface area (Å²) in [5, 5.41) is 0. The maximum Gasteiger partial charge on any atom is 0.306 e. The topological polar surface area (TPSA) is 78.9 Å². The Morgan fingerprint density at radius 2 is 0.450 bits per heavy atom. The Kier molecular flexibility index (Phi) is 67.1. The van der Waals surface area contributed by atoms with Crippen molar-refractivity contribution in [3.8, 4) is 0 Å². The molecule has 6 nitrogen and oxygen atoms in total. The zero-order chi connectivity index (χ0) is 57.8. The molecule has 1 unspecified atom stereocenters. The molecule has 0 aliphatic heterocycles. The van der Waals surface area contributed by atoms with E-state index in [4.69, 9.17) is 14.2 Å². The molecular weight excluding hydrogens is 985 g/mol. The van der Waals surface area contributed by atoms with Crippen LogP contribution in [0.2, 0.25) is 0 Å². The Hall–Kier alpha value is -2.37. The second-order valence-corrected chi connectivity index (χ2v) is 24.5. The van der Waals surface area contributed by atoms with Crippen LogP contribution in [0.25, 0.3) is 0 Å². The minimum Gasteiger partial charge on any atom is -0.462 e. The first-order valence-electron chi connectivity index (χ1n) is 36.0. The highest BCUT2D eigenvalue weighted by Crippen LogP contribution is 2.19. The Bertz CT molecular complexity index is 1340. The van der Waals surface area contributed by atoms with E-state index in [1.54, 1.807) is 0 Å². The van der Waals surface area contributed by atoms with Crippen molar-refractivity contribution in [2.24, 2.45) is 0 Å². The molecule has 0 N–H and O–H groups in total. The van der Waals surface area contributed by atoms with Gasteiger partial charge >= 0.3 is 17.9 Å². The largest absolute Gasteiger partial charge is 0.462 e. The summed E-state index contributed by atoms with van der Waals surface area (Å²) in [6, 6.07) is 0. The monoisotopic (exact) mass is 1120 g/mol. The van der Waals surface area contributed by atoms with E-state index in [-0.39, 0.29) is 31.1 Å². The number of ether oxygens (including phenoxy) is 3. The molecule has 0 spiro atoms. The van der Waals surface area contributed by atoms with Gasteiger partial charge in [-0.15, -0.1) is 0 Å². The number of rotatable bonds is 67. The fraction of sp³-hybridized carbons (Fsp3) is 0.878. The third-order valence-corrected chi connectivity index (χ3v) is 16.4. The third-order valence-electron chi connectivity index (χ3n) is 16.4. The van der Waals surface area contributed by atoms with Crippen molar-refractivity contribution in [3.05, 3.63) is 36.5 Å². The summed E-state index contributed by atoms with van der Waals surface area (Å²) < 4.78 is 17.0. The lowest BCUT2D eigenvalue weighted by Gasteiger charge is -2.18. The average Bonchev–Trinajstić information content (AvgIpc) is 3.46. The van der Waals surface area contributed by atoms with Crippen molar-refractivity contribution < 1.29 is 28.6 Å². The molecule has 0 amide bonds. The highest BCUT2D eigenvalue weighted by molar-refractivity contribution is 5.71. The smallest absolute Gasteiger partial charge is 0.306 e. The molecule has 0 aromatic carbocycles. The van der Waals surface area contributed by atoms with Gasteiger partial charge in [0, 0.05) is 19.3 Å². The molecule has 0 saturated carbocycles. The maximum absolute atomic E-state index is 12.9. The molecule has 0 radical (unpaired) electrons. The predicted octanol–water partition coefficient (Wildman–Crippen LogP) is 24.7. The first kappa shape index (κ1) is 77.6. The van der Waals surface area contributed by atoms with Gasteiger partial charge in [0.15, 0.2) is 6.10 Å². The third kappa shape index (κ3) is 66.4. The van der Waals surface area contributed by atoms with Gasteiger partial charge in [-0.2, -0.15) is 0 Å². The number of hydrogen-bond donors (Lipinski definition) is 0. The van der Waals surface area contributed by atoms with Gasteiger partial charge in [-0.1, -0.05) is 340 Å². The van der Waals surface area contributed by atoms with E-state index < -0.39 is 6.10 Å². The minimum atomic E-state index is -0.777. The number of carbonyl (C=O) groups is 3. The zero-order valence-corrected chi connectivity index (χ0v) is 54.1. The Balaban J connectivity index is 4.25. The number of allylic oxidation sites excluding steroid dienone is 6. The van der Waals surface area contributed by atoms with Gasteiger partial charge in [0.25, 0.3) is 0 Å². The maximum atomic E-state index is 12.9. The summed E-state index contributed by atoms with van der Waals surface area (Å²) in [7, 11) is 0. The van der Waals surface area contributed by atoms with Crippen LogP contribution in [0.3, 0.4) is 0 Å². The second-order valence-electron chi connectivity index (χ2n) is 24.5. The molecular formula is C74H138O6. The average molecular weight is 1120 g/mol.